The molecule has 2 bridgehead atoms. The summed E-state index contributed by atoms with van der Waals surface area (Å²) in [6, 6.07) is 0. The zero-order valence-corrected chi connectivity index (χ0v) is 7.89. The van der Waals surface area contributed by atoms with E-state index in [1.54, 1.807) is 0 Å². The van der Waals surface area contributed by atoms with Crippen molar-refractivity contribution >= 4 is 5.78 Å². The molecule has 12 heavy (non-hydrogen) atoms. The van der Waals surface area contributed by atoms with Gasteiger partial charge in [-0.2, -0.15) is 0 Å². The second-order valence-electron chi connectivity index (χ2n) is 4.71. The Bertz CT molecular complexity index is 252. The highest BCUT2D eigenvalue weighted by molar-refractivity contribution is 5.97. The minimum Gasteiger partial charge on any atom is -0.298 e. The van der Waals surface area contributed by atoms with Gasteiger partial charge in [0.05, 0.1) is 5.41 Å². The van der Waals surface area contributed by atoms with Crippen LogP contribution in [0.5, 0.6) is 0 Å². The molecule has 0 aromatic carbocycles. The van der Waals surface area contributed by atoms with Gasteiger partial charge in [0.1, 0.15) is 5.78 Å². The highest BCUT2D eigenvalue weighted by Gasteiger charge is 2.66. The molecular weight excluding hydrogens is 148 g/mol. The van der Waals surface area contributed by atoms with Gasteiger partial charge in [-0.15, -0.1) is 6.58 Å². The smallest absolute Gasteiger partial charge is 0.146 e. The van der Waals surface area contributed by atoms with Crippen molar-refractivity contribution < 1.29 is 4.79 Å². The molecule has 3 aliphatic rings. The van der Waals surface area contributed by atoms with Crippen molar-refractivity contribution in [3.63, 3.8) is 0 Å². The molecule has 0 N–H and O–H groups in total. The Labute approximate surface area is 73.8 Å². The van der Waals surface area contributed by atoms with Gasteiger partial charge in [-0.1, -0.05) is 26.3 Å². The van der Waals surface area contributed by atoms with Crippen LogP contribution in [0.2, 0.25) is 0 Å². The summed E-state index contributed by atoms with van der Waals surface area (Å²) in [4.78, 5) is 11.7. The summed E-state index contributed by atoms with van der Waals surface area (Å²) in [5.74, 6) is 0.776. The fraction of sp³-hybridized carbons (Fsp3) is 0.727. The van der Waals surface area contributed by atoms with Crippen molar-refractivity contribution in [1.29, 1.82) is 0 Å². The Kier molecular flexibility index (Phi) is 1.35. The Morgan fingerprint density at radius 2 is 2.25 bits per heavy atom. The zero-order chi connectivity index (χ0) is 8.98. The molecular formula is C11H16O. The lowest BCUT2D eigenvalue weighted by atomic mass is 9.39. The van der Waals surface area contributed by atoms with Crippen molar-refractivity contribution in [3.05, 3.63) is 12.7 Å². The second kappa shape index (κ2) is 2.01. The van der Waals surface area contributed by atoms with Crippen LogP contribution in [0.4, 0.5) is 0 Å². The van der Waals surface area contributed by atoms with E-state index in [1.807, 2.05) is 6.08 Å². The van der Waals surface area contributed by atoms with Crippen LogP contribution in [0.25, 0.3) is 0 Å². The van der Waals surface area contributed by atoms with Crippen molar-refractivity contribution in [2.75, 3.05) is 0 Å². The first-order valence-electron chi connectivity index (χ1n) is 4.74. The molecule has 0 aromatic rings. The van der Waals surface area contributed by atoms with Gasteiger partial charge in [-0.05, 0) is 18.3 Å². The number of carbonyl (C=O) groups excluding carboxylic acids is 1. The first kappa shape index (κ1) is 8.03. The average molecular weight is 164 g/mol. The molecule has 66 valence electrons. The molecule has 3 fully saturated rings. The van der Waals surface area contributed by atoms with Crippen LogP contribution in [0, 0.1) is 16.7 Å². The van der Waals surface area contributed by atoms with Gasteiger partial charge in [0.15, 0.2) is 0 Å². The first-order valence-corrected chi connectivity index (χ1v) is 4.74. The summed E-state index contributed by atoms with van der Waals surface area (Å²) in [5.41, 5.74) is 0.0278. The highest BCUT2D eigenvalue weighted by Crippen LogP contribution is 2.65. The molecule has 0 spiro atoms. The van der Waals surface area contributed by atoms with Gasteiger partial charge in [0.25, 0.3) is 0 Å². The largest absolute Gasteiger partial charge is 0.298 e. The summed E-state index contributed by atoms with van der Waals surface area (Å²) in [6.07, 6.45) is 5.22. The number of ketones is 1. The molecule has 3 aliphatic carbocycles. The van der Waals surface area contributed by atoms with Crippen LogP contribution in [0.3, 0.4) is 0 Å². The molecule has 0 saturated heterocycles. The van der Waals surface area contributed by atoms with Gasteiger partial charge < -0.3 is 0 Å². The number of fused-ring (bicyclic) bond motifs is 2. The quantitative estimate of drug-likeness (QED) is 0.544. The number of carbonyl (C=O) groups is 1. The lowest BCUT2D eigenvalue weighted by molar-refractivity contribution is -0.174. The second-order valence-corrected chi connectivity index (χ2v) is 4.71. The van der Waals surface area contributed by atoms with Crippen LogP contribution in [0.15, 0.2) is 12.7 Å². The summed E-state index contributed by atoms with van der Waals surface area (Å²) >= 11 is 0. The van der Waals surface area contributed by atoms with Crippen LogP contribution < -0.4 is 0 Å². The van der Waals surface area contributed by atoms with E-state index in [9.17, 15) is 4.79 Å². The monoisotopic (exact) mass is 164 g/mol. The number of Topliss-reactive ketones (excluding diaryl/α,β-unsaturated/α-hetero) is 1. The molecule has 0 heterocycles. The van der Waals surface area contributed by atoms with Crippen molar-refractivity contribution in [2.24, 2.45) is 16.7 Å². The van der Waals surface area contributed by atoms with E-state index in [-0.39, 0.29) is 10.8 Å². The molecule has 2 atom stereocenters. The molecule has 1 nitrogen and oxygen atoms in total. The molecule has 0 aliphatic heterocycles. The van der Waals surface area contributed by atoms with E-state index in [1.165, 1.54) is 6.42 Å². The molecule has 1 heteroatoms. The Morgan fingerprint density at radius 3 is 2.58 bits per heavy atom. The third kappa shape index (κ3) is 0.562. The van der Waals surface area contributed by atoms with Crippen molar-refractivity contribution in [3.8, 4) is 0 Å². The van der Waals surface area contributed by atoms with Gasteiger partial charge in [-0.3, -0.25) is 4.79 Å². The van der Waals surface area contributed by atoms with E-state index in [2.05, 4.69) is 20.4 Å². The number of hydrogen-bond donors (Lipinski definition) is 0. The van der Waals surface area contributed by atoms with Crippen LogP contribution >= 0.6 is 0 Å². The summed E-state index contributed by atoms with van der Waals surface area (Å²) in [5, 5.41) is 0. The number of allylic oxidation sites excluding steroid dienone is 1. The molecule has 3 saturated carbocycles. The number of hydrogen-bond acceptors (Lipinski definition) is 1. The van der Waals surface area contributed by atoms with Crippen molar-refractivity contribution in [1.82, 2.24) is 0 Å². The maximum absolute atomic E-state index is 11.7. The van der Waals surface area contributed by atoms with E-state index in [0.717, 1.165) is 12.8 Å². The summed E-state index contributed by atoms with van der Waals surface area (Å²) in [6.45, 7) is 8.24. The molecule has 0 radical (unpaired) electrons. The topological polar surface area (TPSA) is 17.1 Å². The van der Waals surface area contributed by atoms with E-state index >= 15 is 0 Å². The van der Waals surface area contributed by atoms with Gasteiger partial charge in [-0.25, -0.2) is 0 Å². The average Bonchev–Trinajstić information content (AvgIpc) is 2.05. The standard InChI is InChI=1S/C11H16O/c1-4-11-7-5-6-8(9(11)12)10(11,2)3/h4,8H,1,5-7H2,2-3H3. The van der Waals surface area contributed by atoms with Crippen molar-refractivity contribution in [2.45, 2.75) is 33.1 Å². The molecule has 0 aromatic heterocycles. The van der Waals surface area contributed by atoms with E-state index < -0.39 is 0 Å². The van der Waals surface area contributed by atoms with Crippen LogP contribution in [-0.4, -0.2) is 5.78 Å². The van der Waals surface area contributed by atoms with Gasteiger partial charge in [0.2, 0.25) is 0 Å². The fourth-order valence-corrected chi connectivity index (χ4v) is 3.18. The highest BCUT2D eigenvalue weighted by atomic mass is 16.1. The van der Waals surface area contributed by atoms with Crippen LogP contribution in [0.1, 0.15) is 33.1 Å². The predicted octanol–water partition coefficient (Wildman–Crippen LogP) is 2.57. The Hall–Kier alpha value is -0.590. The minimum atomic E-state index is -0.157. The predicted molar refractivity (Wildman–Crippen MR) is 48.8 cm³/mol. The Morgan fingerprint density at radius 1 is 1.58 bits per heavy atom. The summed E-state index contributed by atoms with van der Waals surface area (Å²) < 4.78 is 0. The summed E-state index contributed by atoms with van der Waals surface area (Å²) in [7, 11) is 0. The lowest BCUT2D eigenvalue weighted by Crippen LogP contribution is -2.65. The fourth-order valence-electron chi connectivity index (χ4n) is 3.18. The maximum atomic E-state index is 11.7. The normalized spacial score (nSPS) is 43.5. The van der Waals surface area contributed by atoms with Crippen LogP contribution in [-0.2, 0) is 4.79 Å². The number of rotatable bonds is 1. The SMILES string of the molecule is C=CC12CCCC(C1=O)C2(C)C. The van der Waals surface area contributed by atoms with E-state index in [0.29, 0.717) is 11.7 Å². The third-order valence-electron chi connectivity index (χ3n) is 4.19. The first-order chi connectivity index (χ1) is 5.56. The lowest BCUT2D eigenvalue weighted by Gasteiger charge is -2.62. The molecule has 0 amide bonds. The zero-order valence-electron chi connectivity index (χ0n) is 7.89. The van der Waals surface area contributed by atoms with Gasteiger partial charge in [0, 0.05) is 5.92 Å². The maximum Gasteiger partial charge on any atom is 0.146 e. The minimum absolute atomic E-state index is 0.157. The Balaban J connectivity index is 2.43. The third-order valence-corrected chi connectivity index (χ3v) is 4.19. The molecule has 3 rings (SSSR count). The van der Waals surface area contributed by atoms with E-state index in [4.69, 9.17) is 0 Å². The molecule has 2 unspecified atom stereocenters. The van der Waals surface area contributed by atoms with Gasteiger partial charge >= 0.3 is 0 Å².